The zero-order chi connectivity index (χ0) is 33.3. The van der Waals surface area contributed by atoms with Gasteiger partial charge in [0.1, 0.15) is 22.5 Å². The highest BCUT2D eigenvalue weighted by molar-refractivity contribution is 6.04. The topological polar surface area (TPSA) is 145 Å². The second-order valence-corrected chi connectivity index (χ2v) is 11.3. The number of allylic oxidation sites excluding steroid dienone is 4. The van der Waals surface area contributed by atoms with Gasteiger partial charge in [0.2, 0.25) is 0 Å². The number of fused-ring (bicyclic) bond motifs is 1. The molecule has 1 aromatic carbocycles. The molecular weight excluding hydrogens is 607 g/mol. The minimum absolute atomic E-state index is 0.0157. The molecule has 1 unspecified atom stereocenters. The number of methoxy groups -OCH3 is 1. The number of carbonyl (C=O) groups excluding carboxylic acids is 1. The number of pyridine rings is 1. The SMILES string of the molecule is COC[C@H](C)Nc1n[nH]c2nccc(Oc3ccc(NC(=O)c4cn(C(C)C)c(=O)n(C5=CCC(C)(F)C(F)=C5)c4=O)cc3F)c12. The summed E-state index contributed by atoms with van der Waals surface area (Å²) in [5.74, 6) is -2.42. The number of alkyl halides is 1. The van der Waals surface area contributed by atoms with Crippen LogP contribution in [0.4, 0.5) is 24.7 Å². The summed E-state index contributed by atoms with van der Waals surface area (Å²) < 4.78 is 56.8. The van der Waals surface area contributed by atoms with Crippen LogP contribution in [0.1, 0.15) is 50.5 Å². The van der Waals surface area contributed by atoms with Gasteiger partial charge in [0.25, 0.3) is 11.5 Å². The molecule has 12 nitrogen and oxygen atoms in total. The molecule has 0 spiro atoms. The van der Waals surface area contributed by atoms with Crippen molar-refractivity contribution in [2.24, 2.45) is 0 Å². The molecule has 15 heteroatoms. The first kappa shape index (κ1) is 32.2. The molecule has 1 amide bonds. The van der Waals surface area contributed by atoms with E-state index in [1.165, 1.54) is 24.4 Å². The van der Waals surface area contributed by atoms with E-state index < -0.39 is 52.5 Å². The number of nitrogens with one attached hydrogen (secondary N) is 3. The van der Waals surface area contributed by atoms with Crippen LogP contribution >= 0.6 is 0 Å². The van der Waals surface area contributed by atoms with Gasteiger partial charge in [-0.3, -0.25) is 19.3 Å². The van der Waals surface area contributed by atoms with Crippen LogP contribution in [0.25, 0.3) is 16.7 Å². The van der Waals surface area contributed by atoms with Gasteiger partial charge in [-0.05, 0) is 45.9 Å². The lowest BCUT2D eigenvalue weighted by Gasteiger charge is -2.23. The van der Waals surface area contributed by atoms with Gasteiger partial charge in [-0.1, -0.05) is 6.08 Å². The number of anilines is 2. The Morgan fingerprint density at radius 1 is 1.17 bits per heavy atom. The normalized spacial score (nSPS) is 17.1. The molecule has 1 aliphatic carbocycles. The van der Waals surface area contributed by atoms with Gasteiger partial charge in [-0.15, -0.1) is 0 Å². The van der Waals surface area contributed by atoms with Crippen molar-refractivity contribution in [3.8, 4) is 11.5 Å². The Labute approximate surface area is 260 Å². The summed E-state index contributed by atoms with van der Waals surface area (Å²) in [6.07, 6.45) is 4.10. The highest BCUT2D eigenvalue weighted by Gasteiger charge is 2.33. The van der Waals surface area contributed by atoms with E-state index in [9.17, 15) is 23.2 Å². The molecular formula is C31H32F3N7O5. The van der Waals surface area contributed by atoms with E-state index >= 15 is 4.39 Å². The number of nitrogens with zero attached hydrogens (tertiary/aromatic N) is 4. The maximum atomic E-state index is 15.3. The number of hydrogen-bond acceptors (Lipinski definition) is 8. The molecule has 0 radical (unpaired) electrons. The average molecular weight is 640 g/mol. The zero-order valence-electron chi connectivity index (χ0n) is 25.7. The molecule has 4 aromatic rings. The van der Waals surface area contributed by atoms with Crippen molar-refractivity contribution in [1.29, 1.82) is 0 Å². The minimum atomic E-state index is -2.29. The Hall–Kier alpha value is -5.18. The molecule has 5 rings (SSSR count). The summed E-state index contributed by atoms with van der Waals surface area (Å²) in [6.45, 7) is 6.64. The van der Waals surface area contributed by atoms with Crippen LogP contribution in [0.2, 0.25) is 0 Å². The Balaban J connectivity index is 1.43. The van der Waals surface area contributed by atoms with Crippen LogP contribution < -0.4 is 26.6 Å². The summed E-state index contributed by atoms with van der Waals surface area (Å²) >= 11 is 0. The van der Waals surface area contributed by atoms with E-state index in [1.54, 1.807) is 27.0 Å². The van der Waals surface area contributed by atoms with Crippen molar-refractivity contribution in [2.45, 2.75) is 51.9 Å². The molecule has 0 fully saturated rings. The van der Waals surface area contributed by atoms with Crippen LogP contribution in [0.3, 0.4) is 0 Å². The predicted octanol–water partition coefficient (Wildman–Crippen LogP) is 5.32. The smallest absolute Gasteiger partial charge is 0.335 e. The molecule has 1 aliphatic rings. The quantitative estimate of drug-likeness (QED) is 0.212. The number of rotatable bonds is 10. The molecule has 0 aliphatic heterocycles. The fourth-order valence-corrected chi connectivity index (χ4v) is 4.83. The Morgan fingerprint density at radius 2 is 1.93 bits per heavy atom. The third-order valence-electron chi connectivity index (χ3n) is 7.27. The first-order chi connectivity index (χ1) is 21.8. The lowest BCUT2D eigenvalue weighted by molar-refractivity contribution is 0.102. The maximum absolute atomic E-state index is 15.3. The Bertz CT molecular complexity index is 1990. The third-order valence-corrected chi connectivity index (χ3v) is 7.27. The molecule has 242 valence electrons. The van der Waals surface area contributed by atoms with E-state index in [4.69, 9.17) is 9.47 Å². The Kier molecular flexibility index (Phi) is 8.87. The van der Waals surface area contributed by atoms with Gasteiger partial charge in [-0.25, -0.2) is 27.5 Å². The zero-order valence-corrected chi connectivity index (χ0v) is 25.7. The van der Waals surface area contributed by atoms with Gasteiger partial charge in [0.05, 0.1) is 12.3 Å². The minimum Gasteiger partial charge on any atom is -0.453 e. The number of ether oxygens (including phenoxy) is 2. The van der Waals surface area contributed by atoms with Crippen molar-refractivity contribution in [1.82, 2.24) is 24.3 Å². The fourth-order valence-electron chi connectivity index (χ4n) is 4.83. The van der Waals surface area contributed by atoms with Crippen LogP contribution in [-0.4, -0.2) is 55.7 Å². The predicted molar refractivity (Wildman–Crippen MR) is 166 cm³/mol. The van der Waals surface area contributed by atoms with E-state index in [2.05, 4.69) is 25.8 Å². The van der Waals surface area contributed by atoms with Crippen LogP contribution in [0, 0.1) is 5.82 Å². The maximum Gasteiger partial charge on any atom is 0.335 e. The van der Waals surface area contributed by atoms with Crippen molar-refractivity contribution >= 4 is 34.1 Å². The Morgan fingerprint density at radius 3 is 2.61 bits per heavy atom. The van der Waals surface area contributed by atoms with E-state index in [0.717, 1.165) is 29.8 Å². The summed E-state index contributed by atoms with van der Waals surface area (Å²) in [7, 11) is 1.57. The highest BCUT2D eigenvalue weighted by atomic mass is 19.2. The standard InChI is InChI=1S/C31H32F3N7O5/c1-16(2)40-14-20(29(43)41(30(40)44)19-8-10-31(4,34)24(33)13-19)28(42)37-18-6-7-22(21(32)12-18)46-23-9-11-35-26-25(23)27(39-38-26)36-17(3)15-45-5/h6-9,11-14,16-17H,10,15H2,1-5H3,(H,37,42)(H2,35,36,38,39)/t17-,31?/m0/s1. The number of benzene rings is 1. The van der Waals surface area contributed by atoms with Crippen LogP contribution in [0.15, 0.2) is 64.2 Å². The molecule has 46 heavy (non-hydrogen) atoms. The van der Waals surface area contributed by atoms with Gasteiger partial charge < -0.3 is 20.1 Å². The second kappa shape index (κ2) is 12.7. The molecule has 2 atom stereocenters. The summed E-state index contributed by atoms with van der Waals surface area (Å²) in [5.41, 5.74) is -4.46. The number of amides is 1. The lowest BCUT2D eigenvalue weighted by atomic mass is 9.97. The van der Waals surface area contributed by atoms with Crippen molar-refractivity contribution in [3.63, 3.8) is 0 Å². The summed E-state index contributed by atoms with van der Waals surface area (Å²) in [6, 6.07) is 4.60. The number of aromatic amines is 1. The monoisotopic (exact) mass is 639 g/mol. The van der Waals surface area contributed by atoms with Crippen LogP contribution in [0.5, 0.6) is 11.5 Å². The molecule has 3 N–H and O–H groups in total. The summed E-state index contributed by atoms with van der Waals surface area (Å²) in [4.78, 5) is 44.1. The molecule has 0 bridgehead atoms. The molecule has 3 heterocycles. The number of carbonyl (C=O) groups is 1. The van der Waals surface area contributed by atoms with E-state index in [1.807, 2.05) is 6.92 Å². The van der Waals surface area contributed by atoms with Gasteiger partial charge >= 0.3 is 5.69 Å². The van der Waals surface area contributed by atoms with Crippen molar-refractivity contribution in [2.75, 3.05) is 24.4 Å². The number of hydrogen-bond donors (Lipinski definition) is 3. The number of halogens is 3. The van der Waals surface area contributed by atoms with Crippen LogP contribution in [-0.2, 0) is 4.74 Å². The largest absolute Gasteiger partial charge is 0.453 e. The highest BCUT2D eigenvalue weighted by Crippen LogP contribution is 2.35. The average Bonchev–Trinajstić information content (AvgIpc) is 3.39. The van der Waals surface area contributed by atoms with Gasteiger partial charge in [0.15, 0.2) is 28.7 Å². The van der Waals surface area contributed by atoms with Gasteiger partial charge in [-0.2, -0.15) is 5.10 Å². The molecule has 3 aromatic heterocycles. The summed E-state index contributed by atoms with van der Waals surface area (Å²) in [5, 5.41) is 13.1. The van der Waals surface area contributed by atoms with E-state index in [0.29, 0.717) is 28.0 Å². The van der Waals surface area contributed by atoms with Gasteiger partial charge in [0, 0.05) is 55.8 Å². The lowest BCUT2D eigenvalue weighted by Crippen LogP contribution is -2.43. The van der Waals surface area contributed by atoms with Crippen molar-refractivity contribution < 1.29 is 27.4 Å². The van der Waals surface area contributed by atoms with Crippen molar-refractivity contribution in [3.05, 3.63) is 86.9 Å². The first-order valence-corrected chi connectivity index (χ1v) is 14.3. The second-order valence-electron chi connectivity index (χ2n) is 11.3. The molecule has 0 saturated carbocycles. The molecule has 0 saturated heterocycles. The third kappa shape index (κ3) is 6.31. The fraction of sp³-hybridized carbons (Fsp3) is 0.323. The number of aromatic nitrogens is 5. The number of H-pyrrole nitrogens is 1. The first-order valence-electron chi connectivity index (χ1n) is 14.3. The van der Waals surface area contributed by atoms with E-state index in [-0.39, 0.29) is 28.9 Å².